The average Bonchev–Trinajstić information content (AvgIpc) is 2.17. The fraction of sp³-hybridized carbons (Fsp3) is 0.333. The van der Waals surface area contributed by atoms with Crippen molar-refractivity contribution in [2.75, 3.05) is 26.1 Å². The Hall–Kier alpha value is -1.69. The van der Waals surface area contributed by atoms with E-state index in [-0.39, 0.29) is 18.0 Å². The van der Waals surface area contributed by atoms with E-state index in [0.29, 0.717) is 6.61 Å². The van der Waals surface area contributed by atoms with Gasteiger partial charge in [0.05, 0.1) is 6.61 Å². The van der Waals surface area contributed by atoms with Crippen LogP contribution in [-0.2, 0) is 9.47 Å². The molecule has 0 fully saturated rings. The van der Waals surface area contributed by atoms with Gasteiger partial charge in [0.25, 0.3) is 0 Å². The molecule has 2 N–H and O–H groups in total. The Morgan fingerprint density at radius 3 is 2.87 bits per heavy atom. The lowest BCUT2D eigenvalue weighted by Gasteiger charge is -2.05. The van der Waals surface area contributed by atoms with Gasteiger partial charge in [0.2, 0.25) is 5.95 Å². The van der Waals surface area contributed by atoms with Gasteiger partial charge in [-0.05, 0) is 12.1 Å². The summed E-state index contributed by atoms with van der Waals surface area (Å²) in [6.07, 6.45) is 0. The first-order valence-corrected chi connectivity index (χ1v) is 4.23. The number of anilines is 1. The molecule has 1 heterocycles. The summed E-state index contributed by atoms with van der Waals surface area (Å²) in [4.78, 5) is 14.6. The zero-order valence-corrected chi connectivity index (χ0v) is 8.20. The average molecular weight is 214 g/mol. The number of carbonyl (C=O) groups excluding carboxylic acids is 1. The van der Waals surface area contributed by atoms with Gasteiger partial charge in [0, 0.05) is 7.11 Å². The van der Waals surface area contributed by atoms with Crippen molar-refractivity contribution in [3.63, 3.8) is 0 Å². The third kappa shape index (κ3) is 3.17. The second-order valence-electron chi connectivity index (χ2n) is 2.70. The Kier molecular flexibility index (Phi) is 3.99. The minimum absolute atomic E-state index is 0.0486. The summed E-state index contributed by atoms with van der Waals surface area (Å²) in [5.41, 5.74) is 5.39. The standard InChI is InChI=1S/C9H11FN2O3/c1-14-4-5-15-9(13)6-2-3-7(10)12-8(6)11/h2-3H,4-5H2,1H3,(H2,11,12). The fourth-order valence-corrected chi connectivity index (χ4v) is 0.918. The second kappa shape index (κ2) is 5.26. The highest BCUT2D eigenvalue weighted by atomic mass is 19.1. The number of ether oxygens (including phenoxy) is 2. The zero-order chi connectivity index (χ0) is 11.3. The summed E-state index contributed by atoms with van der Waals surface area (Å²) in [5.74, 6) is -1.56. The van der Waals surface area contributed by atoms with Crippen molar-refractivity contribution < 1.29 is 18.7 Å². The maximum atomic E-state index is 12.6. The SMILES string of the molecule is COCCOC(=O)c1ccc(F)nc1N. The third-order valence-electron chi connectivity index (χ3n) is 1.63. The zero-order valence-electron chi connectivity index (χ0n) is 8.20. The molecule has 0 bridgehead atoms. The number of nitrogen functional groups attached to an aromatic ring is 1. The van der Waals surface area contributed by atoms with Crippen LogP contribution in [0.1, 0.15) is 10.4 Å². The molecule has 0 atom stereocenters. The summed E-state index contributed by atoms with van der Waals surface area (Å²) in [6.45, 7) is 0.409. The van der Waals surface area contributed by atoms with Crippen LogP contribution in [0.15, 0.2) is 12.1 Å². The molecule has 0 saturated heterocycles. The Morgan fingerprint density at radius 1 is 1.53 bits per heavy atom. The first-order chi connectivity index (χ1) is 7.15. The van der Waals surface area contributed by atoms with Gasteiger partial charge in [0.15, 0.2) is 0 Å². The quantitative estimate of drug-likeness (QED) is 0.451. The van der Waals surface area contributed by atoms with E-state index < -0.39 is 11.9 Å². The van der Waals surface area contributed by atoms with Gasteiger partial charge in [0.1, 0.15) is 18.0 Å². The first kappa shape index (κ1) is 11.4. The van der Waals surface area contributed by atoms with Gasteiger partial charge in [-0.3, -0.25) is 0 Å². The van der Waals surface area contributed by atoms with Gasteiger partial charge in [-0.1, -0.05) is 0 Å². The molecule has 1 aromatic heterocycles. The van der Waals surface area contributed by atoms with Crippen molar-refractivity contribution >= 4 is 11.8 Å². The van der Waals surface area contributed by atoms with E-state index in [9.17, 15) is 9.18 Å². The normalized spacial score (nSPS) is 10.0. The topological polar surface area (TPSA) is 74.4 Å². The summed E-state index contributed by atoms with van der Waals surface area (Å²) in [5, 5.41) is 0. The maximum Gasteiger partial charge on any atom is 0.341 e. The minimum atomic E-state index is -0.735. The molecule has 0 aromatic carbocycles. The highest BCUT2D eigenvalue weighted by molar-refractivity contribution is 5.93. The van der Waals surface area contributed by atoms with Crippen molar-refractivity contribution in [2.45, 2.75) is 0 Å². The molecular weight excluding hydrogens is 203 g/mol. The number of halogens is 1. The second-order valence-corrected chi connectivity index (χ2v) is 2.70. The molecule has 0 aliphatic rings. The number of rotatable bonds is 4. The molecule has 0 saturated carbocycles. The largest absolute Gasteiger partial charge is 0.460 e. The molecular formula is C9H11FN2O3. The number of hydrogen-bond acceptors (Lipinski definition) is 5. The van der Waals surface area contributed by atoms with Crippen molar-refractivity contribution in [3.8, 4) is 0 Å². The van der Waals surface area contributed by atoms with Crippen LogP contribution in [0.3, 0.4) is 0 Å². The van der Waals surface area contributed by atoms with Gasteiger partial charge in [-0.2, -0.15) is 4.39 Å². The molecule has 0 spiro atoms. The lowest BCUT2D eigenvalue weighted by atomic mass is 10.2. The number of methoxy groups -OCH3 is 1. The van der Waals surface area contributed by atoms with Crippen LogP contribution < -0.4 is 5.73 Å². The van der Waals surface area contributed by atoms with Gasteiger partial charge < -0.3 is 15.2 Å². The fourth-order valence-electron chi connectivity index (χ4n) is 0.918. The monoisotopic (exact) mass is 214 g/mol. The molecule has 0 aliphatic heterocycles. The number of hydrogen-bond donors (Lipinski definition) is 1. The van der Waals surface area contributed by atoms with E-state index in [1.807, 2.05) is 0 Å². The molecule has 5 nitrogen and oxygen atoms in total. The molecule has 0 unspecified atom stereocenters. The number of nitrogens with zero attached hydrogens (tertiary/aromatic N) is 1. The number of carbonyl (C=O) groups is 1. The predicted molar refractivity (Wildman–Crippen MR) is 50.8 cm³/mol. The van der Waals surface area contributed by atoms with Crippen LogP contribution in [0.4, 0.5) is 10.2 Å². The number of aromatic nitrogens is 1. The van der Waals surface area contributed by atoms with Crippen LogP contribution >= 0.6 is 0 Å². The Labute approximate surface area is 86.0 Å². The smallest absolute Gasteiger partial charge is 0.341 e. The van der Waals surface area contributed by atoms with Crippen LogP contribution in [0.2, 0.25) is 0 Å². The highest BCUT2D eigenvalue weighted by Crippen LogP contribution is 2.10. The molecule has 0 aliphatic carbocycles. The van der Waals surface area contributed by atoms with Crippen molar-refractivity contribution in [2.24, 2.45) is 0 Å². The van der Waals surface area contributed by atoms with E-state index in [2.05, 4.69) is 4.98 Å². The molecule has 0 amide bonds. The molecule has 82 valence electrons. The number of nitrogens with two attached hydrogens (primary N) is 1. The van der Waals surface area contributed by atoms with E-state index in [0.717, 1.165) is 6.07 Å². The lowest BCUT2D eigenvalue weighted by molar-refractivity contribution is 0.0389. The van der Waals surface area contributed by atoms with E-state index >= 15 is 0 Å². The first-order valence-electron chi connectivity index (χ1n) is 4.23. The van der Waals surface area contributed by atoms with E-state index in [1.54, 1.807) is 0 Å². The Balaban J connectivity index is 2.65. The molecule has 15 heavy (non-hydrogen) atoms. The van der Waals surface area contributed by atoms with Crippen LogP contribution in [0.25, 0.3) is 0 Å². The van der Waals surface area contributed by atoms with Gasteiger partial charge in [-0.15, -0.1) is 0 Å². The summed E-state index contributed by atoms with van der Waals surface area (Å²) < 4.78 is 22.0. The molecule has 6 heteroatoms. The van der Waals surface area contributed by atoms with Crippen LogP contribution in [0, 0.1) is 5.95 Å². The van der Waals surface area contributed by atoms with Crippen molar-refractivity contribution in [3.05, 3.63) is 23.6 Å². The van der Waals surface area contributed by atoms with Gasteiger partial charge in [-0.25, -0.2) is 9.78 Å². The number of pyridine rings is 1. The van der Waals surface area contributed by atoms with Crippen molar-refractivity contribution in [1.29, 1.82) is 0 Å². The van der Waals surface area contributed by atoms with Crippen molar-refractivity contribution in [1.82, 2.24) is 4.98 Å². The van der Waals surface area contributed by atoms with E-state index in [4.69, 9.17) is 15.2 Å². The number of esters is 1. The summed E-state index contributed by atoms with van der Waals surface area (Å²) in [6, 6.07) is 2.27. The predicted octanol–water partition coefficient (Wildman–Crippen LogP) is 0.606. The minimum Gasteiger partial charge on any atom is -0.460 e. The summed E-state index contributed by atoms with van der Waals surface area (Å²) >= 11 is 0. The molecule has 0 radical (unpaired) electrons. The summed E-state index contributed by atoms with van der Waals surface area (Å²) in [7, 11) is 1.49. The lowest BCUT2D eigenvalue weighted by Crippen LogP contribution is -2.13. The van der Waals surface area contributed by atoms with Crippen LogP contribution in [0.5, 0.6) is 0 Å². The Morgan fingerprint density at radius 2 is 2.27 bits per heavy atom. The van der Waals surface area contributed by atoms with E-state index in [1.165, 1.54) is 13.2 Å². The highest BCUT2D eigenvalue weighted by Gasteiger charge is 2.12. The maximum absolute atomic E-state index is 12.6. The van der Waals surface area contributed by atoms with Gasteiger partial charge >= 0.3 is 5.97 Å². The third-order valence-corrected chi connectivity index (χ3v) is 1.63. The molecule has 1 aromatic rings. The molecule has 1 rings (SSSR count). The Bertz CT molecular complexity index is 357. The van der Waals surface area contributed by atoms with Crippen LogP contribution in [-0.4, -0.2) is 31.3 Å².